The van der Waals surface area contributed by atoms with Crippen LogP contribution in [-0.2, 0) is 16.6 Å². The molecular weight excluding hydrogens is 317 g/mol. The van der Waals surface area contributed by atoms with Crippen molar-refractivity contribution in [1.29, 1.82) is 0 Å². The number of hydrogen-bond donors (Lipinski definition) is 1. The summed E-state index contributed by atoms with van der Waals surface area (Å²) in [6, 6.07) is 12.1. The molecule has 0 spiro atoms. The van der Waals surface area contributed by atoms with E-state index in [0.717, 1.165) is 11.1 Å². The van der Waals surface area contributed by atoms with Gasteiger partial charge in [0, 0.05) is 6.54 Å². The second-order valence-corrected chi connectivity index (χ2v) is 6.82. The lowest BCUT2D eigenvalue weighted by Gasteiger charge is -2.10. The van der Waals surface area contributed by atoms with Crippen LogP contribution in [0.25, 0.3) is 0 Å². The molecule has 0 heterocycles. The molecule has 0 aliphatic rings. The molecule has 1 N–H and O–H groups in total. The Morgan fingerprint density at radius 3 is 2.45 bits per heavy atom. The van der Waals surface area contributed by atoms with Crippen molar-refractivity contribution in [3.63, 3.8) is 0 Å². The highest BCUT2D eigenvalue weighted by Crippen LogP contribution is 2.28. The predicted molar refractivity (Wildman–Crippen MR) is 81.7 cm³/mol. The summed E-state index contributed by atoms with van der Waals surface area (Å²) in [6.07, 6.45) is 0. The minimum atomic E-state index is -3.69. The first kappa shape index (κ1) is 15.3. The Morgan fingerprint density at radius 2 is 1.75 bits per heavy atom. The largest absolute Gasteiger partial charge is 0.242 e. The van der Waals surface area contributed by atoms with Crippen molar-refractivity contribution in [2.75, 3.05) is 0 Å². The second kappa shape index (κ2) is 6.14. The van der Waals surface area contributed by atoms with Gasteiger partial charge in [0.15, 0.2) is 0 Å². The van der Waals surface area contributed by atoms with Crippen LogP contribution in [0.4, 0.5) is 0 Å². The number of rotatable bonds is 4. The summed E-state index contributed by atoms with van der Waals surface area (Å²) < 4.78 is 27.0. The van der Waals surface area contributed by atoms with Gasteiger partial charge in [-0.3, -0.25) is 0 Å². The third kappa shape index (κ3) is 3.33. The molecule has 0 saturated heterocycles. The van der Waals surface area contributed by atoms with Crippen molar-refractivity contribution >= 4 is 33.2 Å². The fourth-order valence-electron chi connectivity index (χ4n) is 1.75. The standard InChI is InChI=1S/C14H13Cl2NO2S/c1-10-5-2-3-6-11(10)9-17-20(18,19)13-8-4-7-12(15)14(13)16/h2-8,17H,9H2,1H3. The number of nitrogens with one attached hydrogen (secondary N) is 1. The van der Waals surface area contributed by atoms with Gasteiger partial charge >= 0.3 is 0 Å². The van der Waals surface area contributed by atoms with E-state index in [0.29, 0.717) is 0 Å². The molecule has 6 heteroatoms. The van der Waals surface area contributed by atoms with Gasteiger partial charge in [-0.25, -0.2) is 13.1 Å². The molecule has 0 aromatic heterocycles. The van der Waals surface area contributed by atoms with Gasteiger partial charge in [-0.15, -0.1) is 0 Å². The zero-order valence-electron chi connectivity index (χ0n) is 10.7. The second-order valence-electron chi connectivity index (χ2n) is 4.30. The van der Waals surface area contributed by atoms with E-state index in [-0.39, 0.29) is 21.5 Å². The molecule has 0 aliphatic carbocycles. The molecule has 0 saturated carbocycles. The fourth-order valence-corrected chi connectivity index (χ4v) is 3.52. The molecule has 0 aliphatic heterocycles. The molecule has 3 nitrogen and oxygen atoms in total. The number of benzene rings is 2. The normalized spacial score (nSPS) is 11.6. The summed E-state index contributed by atoms with van der Waals surface area (Å²) in [5.74, 6) is 0. The summed E-state index contributed by atoms with van der Waals surface area (Å²) in [6.45, 7) is 2.13. The van der Waals surface area contributed by atoms with E-state index in [2.05, 4.69) is 4.72 Å². The van der Waals surface area contributed by atoms with Crippen LogP contribution in [0.3, 0.4) is 0 Å². The molecule has 2 rings (SSSR count). The Balaban J connectivity index is 2.24. The van der Waals surface area contributed by atoms with Crippen molar-refractivity contribution in [2.24, 2.45) is 0 Å². The maximum absolute atomic E-state index is 12.2. The van der Waals surface area contributed by atoms with Crippen molar-refractivity contribution in [1.82, 2.24) is 4.72 Å². The van der Waals surface area contributed by atoms with Gasteiger partial charge in [-0.2, -0.15) is 0 Å². The summed E-state index contributed by atoms with van der Waals surface area (Å²) >= 11 is 11.8. The van der Waals surface area contributed by atoms with E-state index in [9.17, 15) is 8.42 Å². The minimum absolute atomic E-state index is 0.0137. The Hall–Kier alpha value is -1.07. The molecule has 2 aromatic carbocycles. The van der Waals surface area contributed by atoms with Crippen molar-refractivity contribution < 1.29 is 8.42 Å². The van der Waals surface area contributed by atoms with Gasteiger partial charge in [0.1, 0.15) is 4.90 Å². The molecule has 0 atom stereocenters. The van der Waals surface area contributed by atoms with Crippen molar-refractivity contribution in [2.45, 2.75) is 18.4 Å². The van der Waals surface area contributed by atoms with Crippen molar-refractivity contribution in [3.05, 3.63) is 63.6 Å². The van der Waals surface area contributed by atoms with Gasteiger partial charge < -0.3 is 0 Å². The zero-order valence-corrected chi connectivity index (χ0v) is 13.1. The van der Waals surface area contributed by atoms with Crippen LogP contribution in [0.2, 0.25) is 10.0 Å². The van der Waals surface area contributed by atoms with Gasteiger partial charge in [0.05, 0.1) is 10.0 Å². The minimum Gasteiger partial charge on any atom is -0.207 e. The number of halogens is 2. The van der Waals surface area contributed by atoms with E-state index in [1.807, 2.05) is 31.2 Å². The average molecular weight is 330 g/mol. The monoisotopic (exact) mass is 329 g/mol. The first-order valence-electron chi connectivity index (χ1n) is 5.90. The summed E-state index contributed by atoms with van der Waals surface area (Å²) in [4.78, 5) is -0.0137. The van der Waals surface area contributed by atoms with Crippen molar-refractivity contribution in [3.8, 4) is 0 Å². The predicted octanol–water partition coefficient (Wildman–Crippen LogP) is 3.78. The highest BCUT2D eigenvalue weighted by Gasteiger charge is 2.19. The van der Waals surface area contributed by atoms with Crippen LogP contribution >= 0.6 is 23.2 Å². The van der Waals surface area contributed by atoms with Crippen LogP contribution < -0.4 is 4.72 Å². The molecule has 2 aromatic rings. The van der Waals surface area contributed by atoms with Crippen LogP contribution in [0.1, 0.15) is 11.1 Å². The van der Waals surface area contributed by atoms with Gasteiger partial charge in [-0.1, -0.05) is 53.5 Å². The Bertz CT molecular complexity index is 730. The molecule has 0 radical (unpaired) electrons. The molecule has 106 valence electrons. The number of hydrogen-bond acceptors (Lipinski definition) is 2. The van der Waals surface area contributed by atoms with E-state index >= 15 is 0 Å². The molecule has 0 unspecified atom stereocenters. The lowest BCUT2D eigenvalue weighted by atomic mass is 10.1. The van der Waals surface area contributed by atoms with Crippen LogP contribution in [0, 0.1) is 6.92 Å². The fraction of sp³-hybridized carbons (Fsp3) is 0.143. The smallest absolute Gasteiger partial charge is 0.207 e. The highest BCUT2D eigenvalue weighted by atomic mass is 35.5. The molecule has 0 bridgehead atoms. The van der Waals surface area contributed by atoms with Crippen LogP contribution in [0.5, 0.6) is 0 Å². The molecular formula is C14H13Cl2NO2S. The third-order valence-corrected chi connectivity index (χ3v) is 5.29. The first-order valence-corrected chi connectivity index (χ1v) is 8.14. The number of sulfonamides is 1. The van der Waals surface area contributed by atoms with Crippen LogP contribution in [0.15, 0.2) is 47.4 Å². The maximum atomic E-state index is 12.2. The molecule has 0 amide bonds. The van der Waals surface area contributed by atoms with E-state index in [1.165, 1.54) is 6.07 Å². The summed E-state index contributed by atoms with van der Waals surface area (Å²) in [5.41, 5.74) is 1.93. The highest BCUT2D eigenvalue weighted by molar-refractivity contribution is 7.89. The Kier molecular flexibility index (Phi) is 4.70. The Labute approximate surface area is 128 Å². The lowest BCUT2D eigenvalue weighted by molar-refractivity contribution is 0.581. The maximum Gasteiger partial charge on any atom is 0.242 e. The zero-order chi connectivity index (χ0) is 14.8. The number of aryl methyl sites for hydroxylation is 1. The van der Waals surface area contributed by atoms with E-state index < -0.39 is 10.0 Å². The lowest BCUT2D eigenvalue weighted by Crippen LogP contribution is -2.24. The van der Waals surface area contributed by atoms with Gasteiger partial charge in [-0.05, 0) is 30.2 Å². The third-order valence-electron chi connectivity index (χ3n) is 2.92. The Morgan fingerprint density at radius 1 is 1.05 bits per heavy atom. The average Bonchev–Trinajstić information content (AvgIpc) is 2.41. The van der Waals surface area contributed by atoms with E-state index in [4.69, 9.17) is 23.2 Å². The first-order chi connectivity index (χ1) is 9.42. The molecule has 20 heavy (non-hydrogen) atoms. The van der Waals surface area contributed by atoms with Gasteiger partial charge in [0.25, 0.3) is 0 Å². The van der Waals surface area contributed by atoms with Gasteiger partial charge in [0.2, 0.25) is 10.0 Å². The quantitative estimate of drug-likeness (QED) is 0.927. The SMILES string of the molecule is Cc1ccccc1CNS(=O)(=O)c1cccc(Cl)c1Cl. The van der Waals surface area contributed by atoms with E-state index in [1.54, 1.807) is 12.1 Å². The summed E-state index contributed by atoms with van der Waals surface area (Å²) in [7, 11) is -3.69. The summed E-state index contributed by atoms with van der Waals surface area (Å²) in [5, 5.41) is 0.247. The topological polar surface area (TPSA) is 46.2 Å². The van der Waals surface area contributed by atoms with Crippen LogP contribution in [-0.4, -0.2) is 8.42 Å². The molecule has 0 fully saturated rings.